The number of ether oxygens (including phenoxy) is 1. The number of amides is 1. The lowest BCUT2D eigenvalue weighted by Gasteiger charge is -2.34. The zero-order valence-corrected chi connectivity index (χ0v) is 21.0. The van der Waals surface area contributed by atoms with Gasteiger partial charge < -0.3 is 15.2 Å². The van der Waals surface area contributed by atoms with Crippen LogP contribution in [0, 0.1) is 0 Å². The van der Waals surface area contributed by atoms with Crippen LogP contribution in [-0.2, 0) is 5.54 Å². The number of carbonyl (C=O) groups excluding carboxylic acids is 3. The second kappa shape index (κ2) is 10.1. The van der Waals surface area contributed by atoms with E-state index >= 15 is 0 Å². The molecule has 38 heavy (non-hydrogen) atoms. The van der Waals surface area contributed by atoms with Crippen LogP contribution in [0.25, 0.3) is 0 Å². The fourth-order valence-electron chi connectivity index (χ4n) is 4.86. The number of nitrogens with one attached hydrogen (secondary N) is 1. The van der Waals surface area contributed by atoms with E-state index in [1.807, 2.05) is 19.9 Å². The molecule has 2 N–H and O–H groups in total. The van der Waals surface area contributed by atoms with Crippen LogP contribution in [0.1, 0.15) is 73.6 Å². The van der Waals surface area contributed by atoms with Gasteiger partial charge in [0.1, 0.15) is 11.9 Å². The van der Waals surface area contributed by atoms with Gasteiger partial charge in [-0.15, -0.1) is 0 Å². The van der Waals surface area contributed by atoms with Gasteiger partial charge in [-0.2, -0.15) is 0 Å². The van der Waals surface area contributed by atoms with Crippen LogP contribution < -0.4 is 10.1 Å². The maximum Gasteiger partial charge on any atom is 0.343 e. The molecule has 1 amide bonds. The van der Waals surface area contributed by atoms with E-state index in [1.54, 1.807) is 97.1 Å². The molecule has 190 valence electrons. The second-order valence-electron chi connectivity index (χ2n) is 9.61. The third-order valence-electron chi connectivity index (χ3n) is 6.92. The van der Waals surface area contributed by atoms with Gasteiger partial charge in [0, 0.05) is 16.7 Å². The smallest absolute Gasteiger partial charge is 0.343 e. The Morgan fingerprint density at radius 1 is 0.842 bits per heavy atom. The summed E-state index contributed by atoms with van der Waals surface area (Å²) in [6.45, 7) is 3.99. The molecule has 5 rings (SSSR count). The topological polar surface area (TPSA) is 92.7 Å². The van der Waals surface area contributed by atoms with E-state index in [4.69, 9.17) is 4.74 Å². The van der Waals surface area contributed by atoms with Crippen LogP contribution in [0.15, 0.2) is 103 Å². The summed E-state index contributed by atoms with van der Waals surface area (Å²) in [5.41, 5.74) is 0.483. The first-order chi connectivity index (χ1) is 18.3. The Labute approximate surface area is 220 Å². The van der Waals surface area contributed by atoms with Gasteiger partial charge >= 0.3 is 5.97 Å². The van der Waals surface area contributed by atoms with E-state index in [2.05, 4.69) is 5.32 Å². The van der Waals surface area contributed by atoms with Crippen molar-refractivity contribution in [2.75, 3.05) is 0 Å². The molecule has 6 heteroatoms. The molecule has 0 heterocycles. The highest BCUT2D eigenvalue weighted by Crippen LogP contribution is 2.49. The lowest BCUT2D eigenvalue weighted by molar-refractivity contribution is 0.0455. The number of rotatable bonds is 6. The Hall–Kier alpha value is -4.55. The number of aliphatic hydroxyl groups is 1. The van der Waals surface area contributed by atoms with Gasteiger partial charge in [0.05, 0.1) is 5.56 Å². The highest BCUT2D eigenvalue weighted by atomic mass is 16.5. The predicted octanol–water partition coefficient (Wildman–Crippen LogP) is 5.58. The number of esters is 1. The standard InChI is InChI=1S/C32H27NO5/c1-20(2)23-17-18-26(27(19-23)38-31(37)22-13-7-4-8-14-22)32(33-30(36)21-11-5-3-6-12-21)28(34)24-15-9-10-16-25(24)29(32)35/h3-20,28,34H,1-2H3,(H,33,36). The first-order valence-electron chi connectivity index (χ1n) is 12.4. The van der Waals surface area contributed by atoms with Gasteiger partial charge in [-0.05, 0) is 47.4 Å². The van der Waals surface area contributed by atoms with E-state index < -0.39 is 29.3 Å². The van der Waals surface area contributed by atoms with Gasteiger partial charge in [0.25, 0.3) is 5.91 Å². The fraction of sp³-hybridized carbons (Fsp3) is 0.156. The van der Waals surface area contributed by atoms with Crippen molar-refractivity contribution in [1.29, 1.82) is 0 Å². The van der Waals surface area contributed by atoms with Crippen molar-refractivity contribution in [3.63, 3.8) is 0 Å². The summed E-state index contributed by atoms with van der Waals surface area (Å²) in [7, 11) is 0. The Bertz CT molecular complexity index is 1510. The summed E-state index contributed by atoms with van der Waals surface area (Å²) in [4.78, 5) is 40.7. The average Bonchev–Trinajstić information content (AvgIpc) is 3.16. The molecule has 6 nitrogen and oxygen atoms in total. The van der Waals surface area contributed by atoms with Crippen LogP contribution in [-0.4, -0.2) is 22.8 Å². The molecule has 0 spiro atoms. The number of aliphatic hydroxyl groups excluding tert-OH is 1. The van der Waals surface area contributed by atoms with E-state index in [-0.39, 0.29) is 17.2 Å². The molecule has 0 aromatic heterocycles. The Morgan fingerprint density at radius 3 is 2.08 bits per heavy atom. The van der Waals surface area contributed by atoms with Crippen molar-refractivity contribution >= 4 is 17.7 Å². The monoisotopic (exact) mass is 505 g/mol. The third-order valence-corrected chi connectivity index (χ3v) is 6.92. The number of Topliss-reactive ketones (excluding diaryl/α,β-unsaturated/α-hetero) is 1. The van der Waals surface area contributed by atoms with Gasteiger partial charge in [-0.25, -0.2) is 4.79 Å². The highest BCUT2D eigenvalue weighted by Gasteiger charge is 2.56. The maximum absolute atomic E-state index is 14.1. The molecule has 1 aliphatic rings. The summed E-state index contributed by atoms with van der Waals surface area (Å²) >= 11 is 0. The zero-order valence-electron chi connectivity index (χ0n) is 21.0. The Balaban J connectivity index is 1.69. The molecule has 0 saturated carbocycles. The molecule has 0 aliphatic heterocycles. The van der Waals surface area contributed by atoms with E-state index in [9.17, 15) is 19.5 Å². The summed E-state index contributed by atoms with van der Waals surface area (Å²) in [6, 6.07) is 28.8. The number of hydrogen-bond acceptors (Lipinski definition) is 5. The van der Waals surface area contributed by atoms with Crippen molar-refractivity contribution in [2.24, 2.45) is 0 Å². The number of carbonyl (C=O) groups is 3. The third kappa shape index (κ3) is 4.29. The van der Waals surface area contributed by atoms with E-state index in [1.165, 1.54) is 0 Å². The van der Waals surface area contributed by atoms with Crippen LogP contribution in [0.4, 0.5) is 0 Å². The van der Waals surface area contributed by atoms with Crippen LogP contribution in [0.3, 0.4) is 0 Å². The SMILES string of the molecule is CC(C)c1ccc(C2(NC(=O)c3ccccc3)C(=O)c3ccccc3C2O)c(OC(=O)c2ccccc2)c1. The molecular formula is C32H27NO5. The van der Waals surface area contributed by atoms with Gasteiger partial charge in [-0.3, -0.25) is 9.59 Å². The average molecular weight is 506 g/mol. The van der Waals surface area contributed by atoms with Gasteiger partial charge in [0.2, 0.25) is 0 Å². The summed E-state index contributed by atoms with van der Waals surface area (Å²) in [5, 5.41) is 14.5. The lowest BCUT2D eigenvalue weighted by Crippen LogP contribution is -2.53. The van der Waals surface area contributed by atoms with E-state index in [0.29, 0.717) is 22.3 Å². The molecular weight excluding hydrogens is 478 g/mol. The number of benzene rings is 4. The normalized spacial score (nSPS) is 18.2. The van der Waals surface area contributed by atoms with Gasteiger partial charge in [-0.1, -0.05) is 86.6 Å². The quantitative estimate of drug-likeness (QED) is 0.263. The maximum atomic E-state index is 14.1. The summed E-state index contributed by atoms with van der Waals surface area (Å²) in [6.07, 6.45) is -1.42. The van der Waals surface area contributed by atoms with Crippen molar-refractivity contribution < 1.29 is 24.2 Å². The van der Waals surface area contributed by atoms with Crippen molar-refractivity contribution in [3.8, 4) is 5.75 Å². The molecule has 0 radical (unpaired) electrons. The molecule has 0 fully saturated rings. The summed E-state index contributed by atoms with van der Waals surface area (Å²) < 4.78 is 5.89. The van der Waals surface area contributed by atoms with Crippen LogP contribution in [0.5, 0.6) is 5.75 Å². The van der Waals surface area contributed by atoms with E-state index in [0.717, 1.165) is 5.56 Å². The number of ketones is 1. The van der Waals surface area contributed by atoms with Crippen molar-refractivity contribution in [3.05, 3.63) is 137 Å². The minimum absolute atomic E-state index is 0.0921. The number of hydrogen-bond donors (Lipinski definition) is 2. The Morgan fingerprint density at radius 2 is 1.45 bits per heavy atom. The Kier molecular flexibility index (Phi) is 6.66. The zero-order chi connectivity index (χ0) is 26.9. The highest BCUT2D eigenvalue weighted by molar-refractivity contribution is 6.12. The van der Waals surface area contributed by atoms with Crippen molar-refractivity contribution in [1.82, 2.24) is 5.32 Å². The van der Waals surface area contributed by atoms with Crippen molar-refractivity contribution in [2.45, 2.75) is 31.4 Å². The summed E-state index contributed by atoms with van der Waals surface area (Å²) in [5.74, 6) is -1.46. The molecule has 1 aliphatic carbocycles. The molecule has 4 aromatic rings. The van der Waals surface area contributed by atoms with Crippen LogP contribution >= 0.6 is 0 Å². The number of fused-ring (bicyclic) bond motifs is 1. The fourth-order valence-corrected chi connectivity index (χ4v) is 4.86. The molecule has 0 bridgehead atoms. The predicted molar refractivity (Wildman–Crippen MR) is 143 cm³/mol. The minimum Gasteiger partial charge on any atom is -0.423 e. The minimum atomic E-state index is -1.92. The second-order valence-corrected chi connectivity index (χ2v) is 9.61. The first kappa shape index (κ1) is 25.1. The first-order valence-corrected chi connectivity index (χ1v) is 12.4. The molecule has 2 unspecified atom stereocenters. The lowest BCUT2D eigenvalue weighted by atomic mass is 9.81. The largest absolute Gasteiger partial charge is 0.423 e. The molecule has 4 aromatic carbocycles. The van der Waals surface area contributed by atoms with Gasteiger partial charge in [0.15, 0.2) is 11.3 Å². The molecule has 2 atom stereocenters. The molecule has 0 saturated heterocycles. The van der Waals surface area contributed by atoms with Crippen LogP contribution in [0.2, 0.25) is 0 Å².